The van der Waals surface area contributed by atoms with Crippen LogP contribution in [0.3, 0.4) is 0 Å². The van der Waals surface area contributed by atoms with E-state index < -0.39 is 12.0 Å². The number of carboxylic acid groups (broad SMARTS) is 1. The fourth-order valence-electron chi connectivity index (χ4n) is 2.93. The lowest BCUT2D eigenvalue weighted by atomic mass is 10.0. The van der Waals surface area contributed by atoms with Crippen LogP contribution in [0, 0.1) is 0 Å². The lowest BCUT2D eigenvalue weighted by Crippen LogP contribution is -2.36. The first-order valence-corrected chi connectivity index (χ1v) is 7.70. The summed E-state index contributed by atoms with van der Waals surface area (Å²) in [5.41, 5.74) is 3.41. The predicted octanol–water partition coefficient (Wildman–Crippen LogP) is 1.82. The zero-order valence-electron chi connectivity index (χ0n) is 13.1. The summed E-state index contributed by atoms with van der Waals surface area (Å²) < 4.78 is 2.19. The van der Waals surface area contributed by atoms with Crippen LogP contribution in [0.2, 0.25) is 0 Å². The number of carbonyl (C=O) groups is 1. The molecule has 4 nitrogen and oxygen atoms in total. The second-order valence-corrected chi connectivity index (χ2v) is 5.67. The summed E-state index contributed by atoms with van der Waals surface area (Å²) in [5.74, 6) is -0.826. The maximum atomic E-state index is 11.3. The third-order valence-electron chi connectivity index (χ3n) is 4.14. The molecule has 0 spiro atoms. The average Bonchev–Trinajstić information content (AvgIpc) is 2.91. The minimum Gasteiger partial charge on any atom is -0.480 e. The Balaban J connectivity index is 1.98. The van der Waals surface area contributed by atoms with Gasteiger partial charge in [0.25, 0.3) is 0 Å². The number of nitrogens with one attached hydrogen (secondary N) is 1. The normalized spacial score (nSPS) is 12.3. The van der Waals surface area contributed by atoms with E-state index in [1.54, 1.807) is 7.98 Å². The molecule has 1 heterocycles. The number of fused-ring (bicyclic) bond motifs is 1. The van der Waals surface area contributed by atoms with Gasteiger partial charge in [0.1, 0.15) is 0 Å². The molecule has 0 amide bonds. The van der Waals surface area contributed by atoms with Gasteiger partial charge in [0.05, 0.1) is 6.04 Å². The van der Waals surface area contributed by atoms with E-state index in [0.29, 0.717) is 6.42 Å². The van der Waals surface area contributed by atoms with Crippen LogP contribution in [0.15, 0.2) is 60.8 Å². The van der Waals surface area contributed by atoms with Crippen LogP contribution in [0.1, 0.15) is 11.1 Å². The van der Waals surface area contributed by atoms with Crippen molar-refractivity contribution in [2.75, 3.05) is 0 Å². The Morgan fingerprint density at radius 1 is 1.13 bits per heavy atom. The van der Waals surface area contributed by atoms with E-state index in [4.69, 9.17) is 0 Å². The molecule has 5 heteroatoms. The quantitative estimate of drug-likeness (QED) is 0.683. The highest BCUT2D eigenvalue weighted by Gasteiger charge is 2.18. The molecule has 0 bridgehead atoms. The molecule has 2 aromatic carbocycles. The molecule has 116 valence electrons. The van der Waals surface area contributed by atoms with Gasteiger partial charge in [-0.2, -0.15) is 0 Å². The molecule has 0 saturated heterocycles. The largest absolute Gasteiger partial charge is 0.480 e. The fourth-order valence-corrected chi connectivity index (χ4v) is 2.93. The Bertz CT molecular complexity index is 814. The van der Waals surface area contributed by atoms with Gasteiger partial charge in [-0.1, -0.05) is 48.5 Å². The van der Waals surface area contributed by atoms with Crippen LogP contribution in [-0.2, 0) is 17.8 Å². The van der Waals surface area contributed by atoms with E-state index >= 15 is 0 Å². The van der Waals surface area contributed by atoms with E-state index in [2.05, 4.69) is 40.3 Å². The highest BCUT2D eigenvalue weighted by Crippen LogP contribution is 2.23. The molecular formula is C18H19BN2O2. The number of aliphatic carboxylic acids is 1. The van der Waals surface area contributed by atoms with E-state index in [1.807, 2.05) is 30.3 Å². The lowest BCUT2D eigenvalue weighted by molar-refractivity contribution is -0.138. The lowest BCUT2D eigenvalue weighted by Gasteiger charge is -2.10. The van der Waals surface area contributed by atoms with Crippen molar-refractivity contribution < 1.29 is 9.90 Å². The summed E-state index contributed by atoms with van der Waals surface area (Å²) in [4.78, 5) is 11.3. The molecule has 0 fully saturated rings. The molecule has 1 unspecified atom stereocenters. The van der Waals surface area contributed by atoms with Crippen LogP contribution in [0.25, 0.3) is 10.9 Å². The number of hydrogen-bond acceptors (Lipinski definition) is 2. The van der Waals surface area contributed by atoms with Crippen LogP contribution in [0.4, 0.5) is 0 Å². The summed E-state index contributed by atoms with van der Waals surface area (Å²) >= 11 is 0. The molecule has 0 aliphatic carbocycles. The van der Waals surface area contributed by atoms with Crippen molar-refractivity contribution in [3.05, 3.63) is 71.9 Å². The van der Waals surface area contributed by atoms with Gasteiger partial charge < -0.3 is 14.9 Å². The molecule has 0 aliphatic heterocycles. The first-order valence-electron chi connectivity index (χ1n) is 7.70. The smallest absolute Gasteiger partial charge is 0.320 e. The van der Waals surface area contributed by atoms with Gasteiger partial charge in [-0.15, -0.1) is 0 Å². The maximum Gasteiger partial charge on any atom is 0.320 e. The van der Waals surface area contributed by atoms with Crippen LogP contribution in [0.5, 0.6) is 0 Å². The third kappa shape index (κ3) is 3.30. The van der Waals surface area contributed by atoms with Gasteiger partial charge in [-0.05, 0) is 23.6 Å². The molecule has 23 heavy (non-hydrogen) atoms. The Labute approximate surface area is 136 Å². The van der Waals surface area contributed by atoms with Gasteiger partial charge in [0.15, 0.2) is 7.98 Å². The Hall–Kier alpha value is -2.53. The van der Waals surface area contributed by atoms with Crippen LogP contribution >= 0.6 is 0 Å². The minimum atomic E-state index is -0.826. The highest BCUT2D eigenvalue weighted by molar-refractivity contribution is 6.06. The number of benzene rings is 2. The first-order chi connectivity index (χ1) is 11.2. The number of carboxylic acids is 1. The van der Waals surface area contributed by atoms with Gasteiger partial charge in [0.2, 0.25) is 0 Å². The van der Waals surface area contributed by atoms with E-state index in [-0.39, 0.29) is 0 Å². The number of nitrogens with zero attached hydrogens (tertiary/aromatic N) is 1. The molecule has 2 N–H and O–H groups in total. The van der Waals surface area contributed by atoms with Crippen molar-refractivity contribution in [3.63, 3.8) is 0 Å². The molecular weight excluding hydrogens is 287 g/mol. The van der Waals surface area contributed by atoms with Gasteiger partial charge in [-0.3, -0.25) is 4.79 Å². The van der Waals surface area contributed by atoms with Gasteiger partial charge >= 0.3 is 5.97 Å². The van der Waals surface area contributed by atoms with E-state index in [0.717, 1.165) is 23.0 Å². The third-order valence-corrected chi connectivity index (χ3v) is 4.14. The second-order valence-electron chi connectivity index (χ2n) is 5.67. The van der Waals surface area contributed by atoms with E-state index in [9.17, 15) is 9.90 Å². The SMILES string of the molecule is BNC(Cc1cn(Cc2ccccc2)c2ccccc12)C(=O)O. The van der Waals surface area contributed by atoms with Gasteiger partial charge in [0, 0.05) is 23.6 Å². The van der Waals surface area contributed by atoms with Crippen molar-refractivity contribution in [1.29, 1.82) is 0 Å². The molecule has 0 radical (unpaired) electrons. The average molecular weight is 306 g/mol. The Morgan fingerprint density at radius 3 is 2.52 bits per heavy atom. The molecule has 3 aromatic rings. The second kappa shape index (κ2) is 6.71. The Kier molecular flexibility index (Phi) is 4.48. The summed E-state index contributed by atoms with van der Waals surface area (Å²) in [5, 5.41) is 13.3. The Morgan fingerprint density at radius 2 is 1.83 bits per heavy atom. The number of aromatic nitrogens is 1. The summed E-state index contributed by atoms with van der Waals surface area (Å²) in [6.45, 7) is 0.776. The first kappa shape index (κ1) is 15.4. The number of rotatable bonds is 6. The topological polar surface area (TPSA) is 54.3 Å². The molecule has 1 aromatic heterocycles. The van der Waals surface area contributed by atoms with Crippen LogP contribution in [-0.4, -0.2) is 29.7 Å². The zero-order chi connectivity index (χ0) is 16.2. The van der Waals surface area contributed by atoms with Crippen molar-refractivity contribution >= 4 is 24.9 Å². The summed E-state index contributed by atoms with van der Waals surface area (Å²) in [7, 11) is 1.68. The molecule has 0 aliphatic rings. The zero-order valence-corrected chi connectivity index (χ0v) is 13.1. The predicted molar refractivity (Wildman–Crippen MR) is 94.3 cm³/mol. The van der Waals surface area contributed by atoms with Crippen molar-refractivity contribution in [3.8, 4) is 0 Å². The van der Waals surface area contributed by atoms with Crippen LogP contribution < -0.4 is 5.23 Å². The van der Waals surface area contributed by atoms with Crippen molar-refractivity contribution in [2.24, 2.45) is 0 Å². The fraction of sp³-hybridized carbons (Fsp3) is 0.167. The molecule has 1 atom stereocenters. The summed E-state index contributed by atoms with van der Waals surface area (Å²) in [6, 6.07) is 17.8. The standard InChI is InChI=1S/C18H19BN2O2/c19-20-16(18(22)23)10-14-12-21(11-13-6-2-1-3-7-13)17-9-5-4-8-15(14)17/h1-9,12,16,20H,10-11,19H2,(H,22,23). The minimum absolute atomic E-state index is 0.466. The highest BCUT2D eigenvalue weighted by atomic mass is 16.4. The molecule has 3 rings (SSSR count). The van der Waals surface area contributed by atoms with Gasteiger partial charge in [-0.25, -0.2) is 0 Å². The van der Waals surface area contributed by atoms with Crippen molar-refractivity contribution in [1.82, 2.24) is 9.79 Å². The number of para-hydroxylation sites is 1. The molecule has 0 saturated carbocycles. The summed E-state index contributed by atoms with van der Waals surface area (Å²) in [6.07, 6.45) is 2.54. The maximum absolute atomic E-state index is 11.3. The van der Waals surface area contributed by atoms with E-state index in [1.165, 1.54) is 5.56 Å². The van der Waals surface area contributed by atoms with Crippen molar-refractivity contribution in [2.45, 2.75) is 19.0 Å². The monoisotopic (exact) mass is 306 g/mol. The number of hydrogen-bond donors (Lipinski definition) is 2.